The molecule has 278 valence electrons. The summed E-state index contributed by atoms with van der Waals surface area (Å²) in [4.78, 5) is 5.49. The minimum Gasteiger partial charge on any atom is -0.247 e. The normalized spacial score (nSPS) is 13.2. The topological polar surface area (TPSA) is 12.9 Å². The largest absolute Gasteiger partial charge is 0.247 e. The van der Waals surface area contributed by atoms with E-state index in [1.165, 1.54) is 60.4 Å². The molecule has 0 radical (unpaired) electrons. The highest BCUT2D eigenvalue weighted by Crippen LogP contribution is 2.56. The van der Waals surface area contributed by atoms with Crippen molar-refractivity contribution in [3.63, 3.8) is 0 Å². The standard InChI is InChI=1S/C54H49NSi2/c1-56(2,3)45-29-24-38(25-30-45)47-34-35-52(55-53(47)39-26-31-46(32-27-39)57(4,5)6)42-17-15-16-40(36-42)41-28-33-49-48-22-13-14-23-50(48)54(51(49)37-41,43-18-9-7-10-19-43)44-20-11-8-12-21-44/h7-37H,1-6H3. The van der Waals surface area contributed by atoms with Crippen LogP contribution in [0.3, 0.4) is 0 Å². The molecule has 1 heterocycles. The minimum absolute atomic E-state index is 0.438. The Balaban J connectivity index is 1.17. The Morgan fingerprint density at radius 2 is 0.842 bits per heavy atom. The van der Waals surface area contributed by atoms with E-state index in [1.54, 1.807) is 0 Å². The fourth-order valence-corrected chi connectivity index (χ4v) is 11.2. The molecule has 0 unspecified atom stereocenters. The predicted molar refractivity (Wildman–Crippen MR) is 249 cm³/mol. The number of rotatable bonds is 8. The molecule has 0 amide bonds. The quantitative estimate of drug-likeness (QED) is 0.140. The third kappa shape index (κ3) is 6.55. The van der Waals surface area contributed by atoms with Crippen LogP contribution in [0.15, 0.2) is 188 Å². The highest BCUT2D eigenvalue weighted by atomic mass is 28.3. The molecule has 9 rings (SSSR count). The molecule has 57 heavy (non-hydrogen) atoms. The number of pyridine rings is 1. The van der Waals surface area contributed by atoms with Gasteiger partial charge in [0.1, 0.15) is 0 Å². The summed E-state index contributed by atoms with van der Waals surface area (Å²) in [6.07, 6.45) is 0. The summed E-state index contributed by atoms with van der Waals surface area (Å²) < 4.78 is 0. The van der Waals surface area contributed by atoms with Crippen LogP contribution in [0.2, 0.25) is 39.3 Å². The molecule has 8 aromatic rings. The summed E-state index contributed by atoms with van der Waals surface area (Å²) in [7, 11) is -2.87. The number of hydrogen-bond acceptors (Lipinski definition) is 1. The Labute approximate surface area is 340 Å². The Morgan fingerprint density at radius 1 is 0.351 bits per heavy atom. The van der Waals surface area contributed by atoms with Crippen LogP contribution in [-0.4, -0.2) is 21.1 Å². The Hall–Kier alpha value is -5.88. The van der Waals surface area contributed by atoms with Gasteiger partial charge in [-0.15, -0.1) is 0 Å². The molecule has 0 aliphatic heterocycles. The van der Waals surface area contributed by atoms with E-state index in [2.05, 4.69) is 227 Å². The summed E-state index contributed by atoms with van der Waals surface area (Å²) in [6, 6.07) is 70.0. The number of hydrogen-bond donors (Lipinski definition) is 0. The fourth-order valence-electron chi connectivity index (χ4n) is 8.83. The van der Waals surface area contributed by atoms with E-state index in [1.807, 2.05) is 0 Å². The SMILES string of the molecule is C[Si](C)(C)c1ccc(-c2ccc(-c3cccc(-c4ccc5c(c4)C(c4ccccc4)(c4ccccc4)c4ccccc4-5)c3)nc2-c2ccc([Si](C)(C)C)cc2)cc1. The van der Waals surface area contributed by atoms with Crippen LogP contribution in [0.1, 0.15) is 22.3 Å². The van der Waals surface area contributed by atoms with Gasteiger partial charge in [0.25, 0.3) is 0 Å². The maximum atomic E-state index is 5.49. The predicted octanol–water partition coefficient (Wildman–Crippen LogP) is 13.2. The smallest absolute Gasteiger partial charge is 0.0787 e. The monoisotopic (exact) mass is 767 g/mol. The van der Waals surface area contributed by atoms with Crippen LogP contribution in [0.5, 0.6) is 0 Å². The van der Waals surface area contributed by atoms with E-state index < -0.39 is 21.6 Å². The molecule has 0 N–H and O–H groups in total. The van der Waals surface area contributed by atoms with Gasteiger partial charge in [-0.2, -0.15) is 0 Å². The number of benzene rings is 7. The van der Waals surface area contributed by atoms with E-state index in [4.69, 9.17) is 4.98 Å². The molecule has 1 aliphatic rings. The highest BCUT2D eigenvalue weighted by molar-refractivity contribution is 6.89. The van der Waals surface area contributed by atoms with Gasteiger partial charge in [-0.05, 0) is 68.3 Å². The summed E-state index contributed by atoms with van der Waals surface area (Å²) in [5, 5.41) is 2.92. The van der Waals surface area contributed by atoms with Crippen LogP contribution < -0.4 is 10.4 Å². The van der Waals surface area contributed by atoms with Crippen molar-refractivity contribution in [2.45, 2.75) is 44.7 Å². The Morgan fingerprint density at radius 3 is 1.46 bits per heavy atom. The summed E-state index contributed by atoms with van der Waals surface area (Å²) in [5.74, 6) is 0. The van der Waals surface area contributed by atoms with Gasteiger partial charge in [0, 0.05) is 16.7 Å². The average molecular weight is 768 g/mol. The highest BCUT2D eigenvalue weighted by Gasteiger charge is 2.46. The fraction of sp³-hybridized carbons (Fsp3) is 0.130. The molecule has 1 aromatic heterocycles. The molecular formula is C54H49NSi2. The van der Waals surface area contributed by atoms with Crippen LogP contribution in [0.4, 0.5) is 0 Å². The molecule has 1 aliphatic carbocycles. The first-order chi connectivity index (χ1) is 27.5. The van der Waals surface area contributed by atoms with Crippen molar-refractivity contribution in [2.75, 3.05) is 0 Å². The molecule has 0 saturated carbocycles. The lowest BCUT2D eigenvalue weighted by Crippen LogP contribution is -2.37. The van der Waals surface area contributed by atoms with Crippen molar-refractivity contribution in [3.05, 3.63) is 210 Å². The summed E-state index contributed by atoms with van der Waals surface area (Å²) in [6.45, 7) is 14.4. The van der Waals surface area contributed by atoms with Gasteiger partial charge in [-0.1, -0.05) is 220 Å². The molecule has 7 aromatic carbocycles. The average Bonchev–Trinajstić information content (AvgIpc) is 3.54. The molecule has 0 bridgehead atoms. The maximum absolute atomic E-state index is 5.49. The lowest BCUT2D eigenvalue weighted by Gasteiger charge is -2.34. The lowest BCUT2D eigenvalue weighted by atomic mass is 9.67. The van der Waals surface area contributed by atoms with E-state index in [9.17, 15) is 0 Å². The molecule has 0 saturated heterocycles. The second-order valence-corrected chi connectivity index (χ2v) is 27.8. The van der Waals surface area contributed by atoms with Crippen molar-refractivity contribution in [1.29, 1.82) is 0 Å². The second-order valence-electron chi connectivity index (χ2n) is 17.6. The number of nitrogens with zero attached hydrogens (tertiary/aromatic N) is 1. The molecule has 0 spiro atoms. The van der Waals surface area contributed by atoms with Gasteiger partial charge >= 0.3 is 0 Å². The van der Waals surface area contributed by atoms with Crippen molar-refractivity contribution in [3.8, 4) is 55.9 Å². The Kier molecular flexibility index (Phi) is 9.19. The van der Waals surface area contributed by atoms with E-state index >= 15 is 0 Å². The second kappa shape index (κ2) is 14.3. The molecular weight excluding hydrogens is 719 g/mol. The maximum Gasteiger partial charge on any atom is 0.0787 e. The van der Waals surface area contributed by atoms with Crippen molar-refractivity contribution >= 4 is 26.5 Å². The number of fused-ring (bicyclic) bond motifs is 3. The molecule has 3 heteroatoms. The van der Waals surface area contributed by atoms with E-state index in [0.29, 0.717) is 0 Å². The van der Waals surface area contributed by atoms with Gasteiger partial charge in [0.15, 0.2) is 0 Å². The number of aromatic nitrogens is 1. The third-order valence-corrected chi connectivity index (χ3v) is 16.1. The minimum atomic E-state index is -1.45. The first kappa shape index (κ1) is 36.7. The Bertz CT molecular complexity index is 2680. The van der Waals surface area contributed by atoms with Crippen LogP contribution >= 0.6 is 0 Å². The van der Waals surface area contributed by atoms with Crippen molar-refractivity contribution in [1.82, 2.24) is 4.98 Å². The van der Waals surface area contributed by atoms with Crippen LogP contribution in [0.25, 0.3) is 55.9 Å². The van der Waals surface area contributed by atoms with E-state index in [-0.39, 0.29) is 0 Å². The molecule has 0 fully saturated rings. The van der Waals surface area contributed by atoms with Crippen LogP contribution in [-0.2, 0) is 5.41 Å². The first-order valence-electron chi connectivity index (χ1n) is 20.2. The van der Waals surface area contributed by atoms with Gasteiger partial charge in [0.2, 0.25) is 0 Å². The van der Waals surface area contributed by atoms with Crippen molar-refractivity contribution in [2.24, 2.45) is 0 Å². The van der Waals surface area contributed by atoms with Gasteiger partial charge in [-0.3, -0.25) is 0 Å². The summed E-state index contributed by atoms with van der Waals surface area (Å²) in [5.41, 5.74) is 16.3. The van der Waals surface area contributed by atoms with Crippen LogP contribution in [0, 0.1) is 0 Å². The lowest BCUT2D eigenvalue weighted by molar-refractivity contribution is 0.769. The van der Waals surface area contributed by atoms with E-state index in [0.717, 1.165) is 28.1 Å². The first-order valence-corrected chi connectivity index (χ1v) is 27.2. The van der Waals surface area contributed by atoms with Gasteiger partial charge < -0.3 is 0 Å². The third-order valence-electron chi connectivity index (χ3n) is 11.9. The summed E-state index contributed by atoms with van der Waals surface area (Å²) >= 11 is 0. The molecule has 0 atom stereocenters. The van der Waals surface area contributed by atoms with Crippen molar-refractivity contribution < 1.29 is 0 Å². The van der Waals surface area contributed by atoms with Gasteiger partial charge in [-0.25, -0.2) is 4.98 Å². The zero-order valence-corrected chi connectivity index (χ0v) is 35.8. The zero-order chi connectivity index (χ0) is 39.4. The zero-order valence-electron chi connectivity index (χ0n) is 33.8. The van der Waals surface area contributed by atoms with Gasteiger partial charge in [0.05, 0.1) is 33.0 Å². The molecule has 1 nitrogen and oxygen atoms in total.